The molecule has 0 aromatic heterocycles. The third kappa shape index (κ3) is 2.37. The number of ether oxygens (including phenoxy) is 2. The summed E-state index contributed by atoms with van der Waals surface area (Å²) in [4.78, 5) is 11.8. The SMILES string of the molecule is COC(C)[C@H]1CC[C@H]2[C@@H]3[C@@H](C)C[C@H]4OC(=O)C=C[C@]4(C)[C@H]3CC[C@]12C. The largest absolute Gasteiger partial charge is 0.458 e. The monoisotopic (exact) mass is 346 g/mol. The number of hydrogen-bond acceptors (Lipinski definition) is 3. The lowest BCUT2D eigenvalue weighted by molar-refractivity contribution is -0.176. The number of esters is 1. The van der Waals surface area contributed by atoms with Gasteiger partial charge in [-0.25, -0.2) is 4.79 Å². The number of carbonyl (C=O) groups excluding carboxylic acids is 1. The van der Waals surface area contributed by atoms with Crippen LogP contribution in [0.1, 0.15) is 59.8 Å². The van der Waals surface area contributed by atoms with Crippen LogP contribution in [0.3, 0.4) is 0 Å². The van der Waals surface area contributed by atoms with Gasteiger partial charge < -0.3 is 9.47 Å². The van der Waals surface area contributed by atoms with Crippen LogP contribution in [-0.2, 0) is 14.3 Å². The molecule has 1 aliphatic heterocycles. The zero-order chi connectivity index (χ0) is 18.0. The van der Waals surface area contributed by atoms with E-state index in [1.807, 2.05) is 7.11 Å². The minimum Gasteiger partial charge on any atom is -0.458 e. The van der Waals surface area contributed by atoms with Gasteiger partial charge >= 0.3 is 5.97 Å². The van der Waals surface area contributed by atoms with Gasteiger partial charge in [-0.3, -0.25) is 0 Å². The van der Waals surface area contributed by atoms with Gasteiger partial charge in [-0.15, -0.1) is 0 Å². The van der Waals surface area contributed by atoms with Crippen molar-refractivity contribution in [2.24, 2.45) is 40.4 Å². The standard InChI is InChI=1S/C22H34O3/c1-13-12-18-22(4,11-9-19(23)25-18)17-8-10-21(3)15(14(2)24-5)6-7-16(21)20(13)17/h9,11,13-18,20H,6-8,10,12H2,1-5H3/t13-,14?,15+,16-,17-,18+,20-,21+,22+/m0/s1. The molecule has 0 spiro atoms. The smallest absolute Gasteiger partial charge is 0.330 e. The fourth-order valence-corrected chi connectivity index (χ4v) is 7.51. The second kappa shape index (κ2) is 5.84. The molecule has 0 saturated heterocycles. The molecule has 0 aromatic rings. The Kier molecular flexibility index (Phi) is 4.10. The van der Waals surface area contributed by atoms with Crippen molar-refractivity contribution in [3.63, 3.8) is 0 Å². The first-order valence-corrected chi connectivity index (χ1v) is 10.2. The molecule has 0 bridgehead atoms. The molecule has 25 heavy (non-hydrogen) atoms. The second-order valence-electron chi connectivity index (χ2n) is 9.80. The summed E-state index contributed by atoms with van der Waals surface area (Å²) in [7, 11) is 1.86. The third-order valence-corrected chi connectivity index (χ3v) is 8.92. The highest BCUT2D eigenvalue weighted by molar-refractivity contribution is 5.83. The molecule has 3 nitrogen and oxygen atoms in total. The summed E-state index contributed by atoms with van der Waals surface area (Å²) in [6.45, 7) is 9.55. The number of methoxy groups -OCH3 is 1. The first-order valence-electron chi connectivity index (χ1n) is 10.2. The van der Waals surface area contributed by atoms with Gasteiger partial charge in [-0.1, -0.05) is 26.8 Å². The van der Waals surface area contributed by atoms with Gasteiger partial charge in [0.25, 0.3) is 0 Å². The maximum absolute atomic E-state index is 11.8. The highest BCUT2D eigenvalue weighted by Gasteiger charge is 2.62. The molecule has 4 aliphatic rings. The van der Waals surface area contributed by atoms with Crippen LogP contribution in [-0.4, -0.2) is 25.3 Å². The van der Waals surface area contributed by atoms with Crippen molar-refractivity contribution in [3.05, 3.63) is 12.2 Å². The summed E-state index contributed by atoms with van der Waals surface area (Å²) < 4.78 is 11.5. The van der Waals surface area contributed by atoms with E-state index in [2.05, 4.69) is 33.8 Å². The lowest BCUT2D eigenvalue weighted by Crippen LogP contribution is -2.58. The summed E-state index contributed by atoms with van der Waals surface area (Å²) in [5, 5.41) is 0. The van der Waals surface area contributed by atoms with E-state index in [9.17, 15) is 4.79 Å². The lowest BCUT2D eigenvalue weighted by atomic mass is 9.46. The Hall–Kier alpha value is -0.830. The number of fused-ring (bicyclic) bond motifs is 5. The molecule has 1 heterocycles. The van der Waals surface area contributed by atoms with Crippen LogP contribution in [0.25, 0.3) is 0 Å². The summed E-state index contributed by atoms with van der Waals surface area (Å²) in [5.74, 6) is 3.33. The highest BCUT2D eigenvalue weighted by Crippen LogP contribution is 2.67. The Labute approximate surface area is 152 Å². The summed E-state index contributed by atoms with van der Waals surface area (Å²) >= 11 is 0. The van der Waals surface area contributed by atoms with E-state index >= 15 is 0 Å². The Morgan fingerprint density at radius 3 is 2.72 bits per heavy atom. The van der Waals surface area contributed by atoms with Crippen molar-refractivity contribution in [3.8, 4) is 0 Å². The predicted molar refractivity (Wildman–Crippen MR) is 97.9 cm³/mol. The van der Waals surface area contributed by atoms with Crippen molar-refractivity contribution in [2.45, 2.75) is 72.0 Å². The Bertz CT molecular complexity index is 584. The van der Waals surface area contributed by atoms with Crippen LogP contribution in [0.2, 0.25) is 0 Å². The molecule has 3 fully saturated rings. The average molecular weight is 347 g/mol. The van der Waals surface area contributed by atoms with E-state index in [1.54, 1.807) is 6.08 Å². The van der Waals surface area contributed by atoms with Gasteiger partial charge in [0.1, 0.15) is 6.10 Å². The van der Waals surface area contributed by atoms with Crippen molar-refractivity contribution < 1.29 is 14.3 Å². The minimum atomic E-state index is -0.149. The molecule has 3 saturated carbocycles. The van der Waals surface area contributed by atoms with Gasteiger partial charge in [0.15, 0.2) is 0 Å². The van der Waals surface area contributed by atoms with Crippen LogP contribution in [0.4, 0.5) is 0 Å². The van der Waals surface area contributed by atoms with Gasteiger partial charge in [-0.05, 0) is 74.0 Å². The highest BCUT2D eigenvalue weighted by atomic mass is 16.5. The molecule has 1 unspecified atom stereocenters. The zero-order valence-corrected chi connectivity index (χ0v) is 16.5. The van der Waals surface area contributed by atoms with E-state index < -0.39 is 0 Å². The van der Waals surface area contributed by atoms with E-state index in [1.165, 1.54) is 25.7 Å². The van der Waals surface area contributed by atoms with Gasteiger partial charge in [-0.2, -0.15) is 0 Å². The molecule has 0 amide bonds. The van der Waals surface area contributed by atoms with E-state index in [0.717, 1.165) is 18.3 Å². The van der Waals surface area contributed by atoms with Crippen molar-refractivity contribution in [2.75, 3.05) is 7.11 Å². The molecule has 3 heteroatoms. The minimum absolute atomic E-state index is 0.0252. The van der Waals surface area contributed by atoms with Crippen LogP contribution in [0.5, 0.6) is 0 Å². The topological polar surface area (TPSA) is 35.5 Å². The van der Waals surface area contributed by atoms with Gasteiger partial charge in [0, 0.05) is 18.6 Å². The molecule has 140 valence electrons. The predicted octanol–water partition coefficient (Wildman–Crippen LogP) is 4.61. The van der Waals surface area contributed by atoms with Gasteiger partial charge in [0.05, 0.1) is 6.10 Å². The number of rotatable bonds is 2. The molecule has 3 aliphatic carbocycles. The van der Waals surface area contributed by atoms with E-state index in [-0.39, 0.29) is 17.5 Å². The van der Waals surface area contributed by atoms with Gasteiger partial charge in [0.2, 0.25) is 0 Å². The maximum Gasteiger partial charge on any atom is 0.330 e. The molecule has 9 atom stereocenters. The average Bonchev–Trinajstić information content (AvgIpc) is 2.93. The quantitative estimate of drug-likeness (QED) is 0.685. The Morgan fingerprint density at radius 1 is 1.24 bits per heavy atom. The molecule has 0 N–H and O–H groups in total. The molecular formula is C22H34O3. The molecule has 4 rings (SSSR count). The Morgan fingerprint density at radius 2 is 2.00 bits per heavy atom. The number of hydrogen-bond donors (Lipinski definition) is 0. The maximum atomic E-state index is 11.8. The summed E-state index contributed by atoms with van der Waals surface area (Å²) in [5.41, 5.74) is 0.431. The normalized spacial score (nSPS) is 52.8. The summed E-state index contributed by atoms with van der Waals surface area (Å²) in [6.07, 6.45) is 10.5. The molecule has 0 aromatic carbocycles. The zero-order valence-electron chi connectivity index (χ0n) is 16.5. The fourth-order valence-electron chi connectivity index (χ4n) is 7.51. The van der Waals surface area contributed by atoms with E-state index in [0.29, 0.717) is 29.3 Å². The first-order chi connectivity index (χ1) is 11.8. The van der Waals surface area contributed by atoms with Crippen LogP contribution in [0, 0.1) is 40.4 Å². The second-order valence-corrected chi connectivity index (χ2v) is 9.80. The van der Waals surface area contributed by atoms with Crippen LogP contribution >= 0.6 is 0 Å². The first kappa shape index (κ1) is 17.6. The third-order valence-electron chi connectivity index (χ3n) is 8.92. The molecule has 0 radical (unpaired) electrons. The van der Waals surface area contributed by atoms with Crippen LogP contribution < -0.4 is 0 Å². The lowest BCUT2D eigenvalue weighted by Gasteiger charge is -2.60. The summed E-state index contributed by atoms with van der Waals surface area (Å²) in [6, 6.07) is 0. The van der Waals surface area contributed by atoms with Crippen molar-refractivity contribution >= 4 is 5.97 Å². The van der Waals surface area contributed by atoms with Crippen molar-refractivity contribution in [1.29, 1.82) is 0 Å². The number of carbonyl (C=O) groups is 1. The Balaban J connectivity index is 1.68. The fraction of sp³-hybridized carbons (Fsp3) is 0.864. The van der Waals surface area contributed by atoms with E-state index in [4.69, 9.17) is 9.47 Å². The van der Waals surface area contributed by atoms with Crippen LogP contribution in [0.15, 0.2) is 12.2 Å². The molecular weight excluding hydrogens is 312 g/mol. The van der Waals surface area contributed by atoms with Crippen molar-refractivity contribution in [1.82, 2.24) is 0 Å².